The van der Waals surface area contributed by atoms with Crippen LogP contribution in [0.4, 0.5) is 0 Å². The fourth-order valence-corrected chi connectivity index (χ4v) is 3.57. The van der Waals surface area contributed by atoms with Gasteiger partial charge in [0.1, 0.15) is 6.29 Å². The van der Waals surface area contributed by atoms with Gasteiger partial charge in [-0.05, 0) is 49.9 Å². The molecule has 0 aromatic carbocycles. The topological polar surface area (TPSA) is 26.3 Å². The molecule has 0 aromatic rings. The van der Waals surface area contributed by atoms with E-state index in [1.165, 1.54) is 0 Å². The number of hydrogen-bond acceptors (Lipinski definition) is 2. The highest BCUT2D eigenvalue weighted by Crippen LogP contribution is 2.38. The lowest BCUT2D eigenvalue weighted by molar-refractivity contribution is -0.104. The summed E-state index contributed by atoms with van der Waals surface area (Å²) in [6.07, 6.45) is 6.29. The maximum Gasteiger partial charge on any atom is 0.192 e. The van der Waals surface area contributed by atoms with Gasteiger partial charge in [-0.2, -0.15) is 0 Å². The van der Waals surface area contributed by atoms with Crippen molar-refractivity contribution in [2.45, 2.75) is 79.1 Å². The van der Waals surface area contributed by atoms with E-state index < -0.39 is 8.32 Å². The zero-order valence-electron chi connectivity index (χ0n) is 15.4. The van der Waals surface area contributed by atoms with E-state index >= 15 is 0 Å². The van der Waals surface area contributed by atoms with Crippen molar-refractivity contribution in [3.8, 4) is 0 Å². The maximum absolute atomic E-state index is 10.7. The second kappa shape index (κ2) is 8.09. The third-order valence-electron chi connectivity index (χ3n) is 4.41. The van der Waals surface area contributed by atoms with Gasteiger partial charge < -0.3 is 4.43 Å². The van der Waals surface area contributed by atoms with E-state index in [2.05, 4.69) is 53.8 Å². The first kappa shape index (κ1) is 20.3. The smallest absolute Gasteiger partial charge is 0.192 e. The third-order valence-corrected chi connectivity index (χ3v) is 8.91. The van der Waals surface area contributed by atoms with Crippen LogP contribution in [0, 0.1) is 5.92 Å². The van der Waals surface area contributed by atoms with Crippen molar-refractivity contribution in [3.05, 3.63) is 23.3 Å². The van der Waals surface area contributed by atoms with Crippen molar-refractivity contribution in [1.82, 2.24) is 0 Å². The van der Waals surface area contributed by atoms with Crippen molar-refractivity contribution in [3.63, 3.8) is 0 Å². The van der Waals surface area contributed by atoms with Gasteiger partial charge in [0.05, 0.1) is 6.10 Å². The molecule has 122 valence electrons. The fraction of sp³-hybridized carbons (Fsp3) is 0.722. The summed E-state index contributed by atoms with van der Waals surface area (Å²) >= 11 is 0. The Balaban J connectivity index is 5.05. The Morgan fingerprint density at radius 1 is 1.19 bits per heavy atom. The van der Waals surface area contributed by atoms with E-state index in [4.69, 9.17) is 4.43 Å². The van der Waals surface area contributed by atoms with Gasteiger partial charge in [0.25, 0.3) is 0 Å². The summed E-state index contributed by atoms with van der Waals surface area (Å²) in [4.78, 5) is 10.7. The molecule has 0 aromatic heterocycles. The molecule has 0 radical (unpaired) electrons. The zero-order valence-corrected chi connectivity index (χ0v) is 16.4. The Morgan fingerprint density at radius 2 is 1.71 bits per heavy atom. The molecule has 0 aliphatic rings. The Labute approximate surface area is 132 Å². The summed E-state index contributed by atoms with van der Waals surface area (Å²) in [5, 5.41) is 0.229. The van der Waals surface area contributed by atoms with Crippen LogP contribution in [0.15, 0.2) is 23.3 Å². The predicted octanol–water partition coefficient (Wildman–Crippen LogP) is 5.51. The van der Waals surface area contributed by atoms with Crippen LogP contribution in [0.2, 0.25) is 18.1 Å². The van der Waals surface area contributed by atoms with Gasteiger partial charge >= 0.3 is 0 Å². The van der Waals surface area contributed by atoms with Crippen molar-refractivity contribution in [2.75, 3.05) is 0 Å². The Morgan fingerprint density at radius 3 is 2.10 bits per heavy atom. The lowest BCUT2D eigenvalue weighted by atomic mass is 9.99. The lowest BCUT2D eigenvalue weighted by Crippen LogP contribution is -2.45. The predicted molar refractivity (Wildman–Crippen MR) is 95.1 cm³/mol. The van der Waals surface area contributed by atoms with Gasteiger partial charge in [0.2, 0.25) is 0 Å². The highest BCUT2D eigenvalue weighted by atomic mass is 28.4. The van der Waals surface area contributed by atoms with E-state index in [0.717, 1.165) is 23.9 Å². The van der Waals surface area contributed by atoms with Crippen LogP contribution in [0.1, 0.15) is 54.9 Å². The molecule has 0 fully saturated rings. The average Bonchev–Trinajstić information content (AvgIpc) is 2.33. The van der Waals surface area contributed by atoms with E-state index in [1.54, 1.807) is 0 Å². The quantitative estimate of drug-likeness (QED) is 0.268. The normalized spacial score (nSPS) is 17.6. The Hall–Kier alpha value is -0.673. The van der Waals surface area contributed by atoms with Crippen molar-refractivity contribution >= 4 is 14.6 Å². The number of hydrogen-bond donors (Lipinski definition) is 0. The summed E-state index contributed by atoms with van der Waals surface area (Å²) in [5.74, 6) is 0.347. The first-order valence-electron chi connectivity index (χ1n) is 7.94. The molecular weight excluding hydrogens is 276 g/mol. The van der Waals surface area contributed by atoms with Gasteiger partial charge in [-0.15, -0.1) is 0 Å². The van der Waals surface area contributed by atoms with Gasteiger partial charge in [-0.25, -0.2) is 0 Å². The van der Waals surface area contributed by atoms with E-state index in [9.17, 15) is 4.79 Å². The number of allylic oxidation sites excluding steroid dienone is 3. The molecule has 0 heterocycles. The molecule has 0 saturated carbocycles. The summed E-state index contributed by atoms with van der Waals surface area (Å²) in [5.41, 5.74) is 1.89. The number of rotatable bonds is 7. The summed E-state index contributed by atoms with van der Waals surface area (Å²) in [7, 11) is -1.74. The Bertz CT molecular complexity index is 400. The molecule has 0 unspecified atom stereocenters. The van der Waals surface area contributed by atoms with Gasteiger partial charge in [-0.3, -0.25) is 4.79 Å². The minimum Gasteiger partial charge on any atom is -0.413 e. The molecule has 2 atom stereocenters. The minimum absolute atomic E-state index is 0.229. The van der Waals surface area contributed by atoms with Crippen LogP contribution in [0.5, 0.6) is 0 Å². The molecule has 0 spiro atoms. The highest BCUT2D eigenvalue weighted by molar-refractivity contribution is 6.74. The van der Waals surface area contributed by atoms with Gasteiger partial charge in [0.15, 0.2) is 8.32 Å². The second-order valence-electron chi connectivity index (χ2n) is 7.60. The number of aldehydes is 1. The van der Waals surface area contributed by atoms with Crippen molar-refractivity contribution < 1.29 is 9.22 Å². The maximum atomic E-state index is 10.7. The third kappa shape index (κ3) is 6.75. The first-order valence-corrected chi connectivity index (χ1v) is 10.8. The van der Waals surface area contributed by atoms with Gasteiger partial charge in [-0.1, -0.05) is 52.3 Å². The highest BCUT2D eigenvalue weighted by Gasteiger charge is 2.39. The Kier molecular flexibility index (Phi) is 7.83. The molecule has 0 N–H and O–H groups in total. The van der Waals surface area contributed by atoms with Crippen LogP contribution in [0.3, 0.4) is 0 Å². The second-order valence-corrected chi connectivity index (χ2v) is 12.4. The van der Waals surface area contributed by atoms with Crippen LogP contribution >= 0.6 is 0 Å². The van der Waals surface area contributed by atoms with Gasteiger partial charge in [0, 0.05) is 0 Å². The van der Waals surface area contributed by atoms with Crippen LogP contribution in [-0.4, -0.2) is 20.7 Å². The van der Waals surface area contributed by atoms with E-state index in [0.29, 0.717) is 5.92 Å². The van der Waals surface area contributed by atoms with Crippen LogP contribution in [0.25, 0.3) is 0 Å². The summed E-state index contributed by atoms with van der Waals surface area (Å²) < 4.78 is 6.55. The van der Waals surface area contributed by atoms with E-state index in [1.807, 2.05) is 19.9 Å². The molecule has 0 amide bonds. The summed E-state index contributed by atoms with van der Waals surface area (Å²) in [6.45, 7) is 19.7. The molecule has 3 heteroatoms. The standard InChI is InChI=1S/C18H34O2Si/c1-10-17(20-21(8,9)18(5,6)7)16(4)12-14(2)11-15(3)13-19/h11-13,16-17H,10H2,1-9H3/b14-12+,15-11+/t16-,17-/m1/s1. The van der Waals surface area contributed by atoms with Crippen LogP contribution in [-0.2, 0) is 9.22 Å². The zero-order chi connectivity index (χ0) is 16.8. The summed E-state index contributed by atoms with van der Waals surface area (Å²) in [6, 6.07) is 0. The largest absolute Gasteiger partial charge is 0.413 e. The number of carbonyl (C=O) groups excluding carboxylic acids is 1. The molecule has 0 bridgehead atoms. The molecule has 2 nitrogen and oxygen atoms in total. The van der Waals surface area contributed by atoms with E-state index in [-0.39, 0.29) is 11.1 Å². The molecule has 21 heavy (non-hydrogen) atoms. The SMILES string of the molecule is CC[C@@H](O[Si](C)(C)C(C)(C)C)[C@H](C)/C=C(C)/C=C(\C)C=O. The van der Waals surface area contributed by atoms with Crippen molar-refractivity contribution in [1.29, 1.82) is 0 Å². The van der Waals surface area contributed by atoms with Crippen molar-refractivity contribution in [2.24, 2.45) is 5.92 Å². The fourth-order valence-electron chi connectivity index (χ4n) is 2.08. The lowest BCUT2D eigenvalue weighted by Gasteiger charge is -2.40. The first-order chi connectivity index (χ1) is 9.44. The molecule has 0 saturated heterocycles. The molecule has 0 rings (SSSR count). The molecule has 0 aliphatic heterocycles. The molecule has 0 aliphatic carbocycles. The monoisotopic (exact) mass is 310 g/mol. The number of carbonyl (C=O) groups is 1. The average molecular weight is 311 g/mol. The van der Waals surface area contributed by atoms with Crippen LogP contribution < -0.4 is 0 Å². The minimum atomic E-state index is -1.74. The molecular formula is C18H34O2Si.